The predicted molar refractivity (Wildman–Crippen MR) is 67.3 cm³/mol. The number of anilines is 1. The summed E-state index contributed by atoms with van der Waals surface area (Å²) in [6.45, 7) is 1.17. The van der Waals surface area contributed by atoms with Gasteiger partial charge in [0.05, 0.1) is 17.1 Å². The number of nitrogens with zero attached hydrogens (tertiary/aromatic N) is 2. The molecule has 19 heavy (non-hydrogen) atoms. The molecule has 7 heteroatoms. The molecule has 1 saturated heterocycles. The number of non-ortho nitro benzene ring substituents is 1. The summed E-state index contributed by atoms with van der Waals surface area (Å²) in [7, 11) is 1.78. The first-order valence-electron chi connectivity index (χ1n) is 6.09. The number of likely N-dealkylation sites (N-methyl/N-ethyl adjacent to an activating group) is 1. The fraction of sp³-hybridized carbons (Fsp3) is 0.500. The summed E-state index contributed by atoms with van der Waals surface area (Å²) in [4.78, 5) is 11.4. The highest BCUT2D eigenvalue weighted by Gasteiger charge is 2.30. The number of nitro groups is 1. The highest BCUT2D eigenvalue weighted by atomic mass is 19.1. The summed E-state index contributed by atoms with van der Waals surface area (Å²) < 4.78 is 27.9. The molecule has 104 valence electrons. The van der Waals surface area contributed by atoms with Crippen LogP contribution < -0.4 is 10.2 Å². The molecule has 1 fully saturated rings. The Morgan fingerprint density at radius 3 is 2.63 bits per heavy atom. The highest BCUT2D eigenvalue weighted by Crippen LogP contribution is 2.32. The lowest BCUT2D eigenvalue weighted by Crippen LogP contribution is -2.37. The maximum Gasteiger partial charge on any atom is 0.275 e. The molecule has 0 aromatic heterocycles. The third-order valence-corrected chi connectivity index (χ3v) is 3.32. The summed E-state index contributed by atoms with van der Waals surface area (Å²) in [6, 6.07) is 1.55. The first-order chi connectivity index (χ1) is 9.04. The second kappa shape index (κ2) is 5.48. The lowest BCUT2D eigenvalue weighted by Gasteiger charge is -2.27. The van der Waals surface area contributed by atoms with Gasteiger partial charge >= 0.3 is 0 Å². The number of rotatable bonds is 4. The molecule has 2 rings (SSSR count). The fourth-order valence-electron chi connectivity index (χ4n) is 2.51. The van der Waals surface area contributed by atoms with Crippen LogP contribution in [0.3, 0.4) is 0 Å². The van der Waals surface area contributed by atoms with Crippen LogP contribution in [0.2, 0.25) is 0 Å². The van der Waals surface area contributed by atoms with Crippen molar-refractivity contribution in [2.75, 3.05) is 25.0 Å². The van der Waals surface area contributed by atoms with E-state index in [1.165, 1.54) is 0 Å². The van der Waals surface area contributed by atoms with Gasteiger partial charge in [-0.2, -0.15) is 0 Å². The van der Waals surface area contributed by atoms with Crippen molar-refractivity contribution in [3.8, 4) is 0 Å². The average Bonchev–Trinajstić information content (AvgIpc) is 2.77. The zero-order valence-electron chi connectivity index (χ0n) is 10.5. The molecule has 1 aliphatic rings. The highest BCUT2D eigenvalue weighted by molar-refractivity contribution is 5.55. The molecule has 1 atom stereocenters. The first-order valence-corrected chi connectivity index (χ1v) is 6.09. The van der Waals surface area contributed by atoms with E-state index in [9.17, 15) is 18.9 Å². The topological polar surface area (TPSA) is 58.4 Å². The van der Waals surface area contributed by atoms with Crippen LogP contribution >= 0.6 is 0 Å². The first kappa shape index (κ1) is 13.7. The van der Waals surface area contributed by atoms with Gasteiger partial charge in [-0.05, 0) is 19.9 Å². The fourth-order valence-corrected chi connectivity index (χ4v) is 2.51. The van der Waals surface area contributed by atoms with Crippen molar-refractivity contribution in [1.29, 1.82) is 0 Å². The molecule has 5 nitrogen and oxygen atoms in total. The van der Waals surface area contributed by atoms with Crippen LogP contribution in [0.1, 0.15) is 12.8 Å². The number of nitrogens with one attached hydrogen (secondary N) is 1. The maximum atomic E-state index is 13.9. The molecule has 1 aliphatic heterocycles. The lowest BCUT2D eigenvalue weighted by molar-refractivity contribution is -0.385. The van der Waals surface area contributed by atoms with Gasteiger partial charge in [-0.1, -0.05) is 0 Å². The van der Waals surface area contributed by atoms with Gasteiger partial charge in [0, 0.05) is 19.1 Å². The van der Waals surface area contributed by atoms with E-state index >= 15 is 0 Å². The van der Waals surface area contributed by atoms with E-state index in [2.05, 4.69) is 5.32 Å². The van der Waals surface area contributed by atoms with E-state index in [1.54, 1.807) is 11.9 Å². The van der Waals surface area contributed by atoms with E-state index in [0.29, 0.717) is 13.1 Å². The van der Waals surface area contributed by atoms with Crippen molar-refractivity contribution in [3.63, 3.8) is 0 Å². The van der Waals surface area contributed by atoms with Crippen molar-refractivity contribution in [2.45, 2.75) is 18.9 Å². The van der Waals surface area contributed by atoms with Crippen LogP contribution in [0.5, 0.6) is 0 Å². The summed E-state index contributed by atoms with van der Waals surface area (Å²) in [5, 5.41) is 13.5. The van der Waals surface area contributed by atoms with E-state index < -0.39 is 22.2 Å². The minimum Gasteiger partial charge on any atom is -0.363 e. The summed E-state index contributed by atoms with van der Waals surface area (Å²) >= 11 is 0. The van der Waals surface area contributed by atoms with Crippen LogP contribution in [0.25, 0.3) is 0 Å². The summed E-state index contributed by atoms with van der Waals surface area (Å²) in [5.41, 5.74) is -0.730. The molecule has 0 radical (unpaired) electrons. The van der Waals surface area contributed by atoms with Gasteiger partial charge in [0.2, 0.25) is 0 Å². The Morgan fingerprint density at radius 1 is 1.47 bits per heavy atom. The Balaban J connectivity index is 2.37. The second-order valence-corrected chi connectivity index (χ2v) is 4.56. The largest absolute Gasteiger partial charge is 0.363 e. The molecule has 0 spiro atoms. The molecule has 1 heterocycles. The van der Waals surface area contributed by atoms with Gasteiger partial charge < -0.3 is 10.2 Å². The van der Waals surface area contributed by atoms with Crippen molar-refractivity contribution < 1.29 is 13.7 Å². The molecule has 0 bridgehead atoms. The Hall–Kier alpha value is -1.76. The molecule has 0 amide bonds. The molecule has 1 aromatic rings. The number of nitro benzene ring substituents is 1. The second-order valence-electron chi connectivity index (χ2n) is 4.56. The third kappa shape index (κ3) is 2.65. The van der Waals surface area contributed by atoms with Gasteiger partial charge in [0.15, 0.2) is 11.6 Å². The van der Waals surface area contributed by atoms with E-state index in [-0.39, 0.29) is 11.7 Å². The molecule has 1 N–H and O–H groups in total. The molecular weight excluding hydrogens is 256 g/mol. The molecule has 0 aliphatic carbocycles. The molecular formula is C12H15F2N3O2. The SMILES string of the molecule is CNCC1CCCN1c1c(F)cc([N+](=O)[O-])cc1F. The number of hydrogen-bond donors (Lipinski definition) is 1. The monoisotopic (exact) mass is 271 g/mol. The van der Waals surface area contributed by atoms with Crippen LogP contribution in [-0.2, 0) is 0 Å². The van der Waals surface area contributed by atoms with Crippen molar-refractivity contribution in [2.24, 2.45) is 0 Å². The Morgan fingerprint density at radius 2 is 2.11 bits per heavy atom. The Kier molecular flexibility index (Phi) is 3.94. The maximum absolute atomic E-state index is 13.9. The number of halogens is 2. The third-order valence-electron chi connectivity index (χ3n) is 3.32. The zero-order valence-corrected chi connectivity index (χ0v) is 10.5. The Bertz CT molecular complexity index is 473. The van der Waals surface area contributed by atoms with Crippen molar-refractivity contribution in [3.05, 3.63) is 33.9 Å². The predicted octanol–water partition coefficient (Wildman–Crippen LogP) is 2.06. The van der Waals surface area contributed by atoms with Gasteiger partial charge in [-0.3, -0.25) is 10.1 Å². The summed E-state index contributed by atoms with van der Waals surface area (Å²) in [6.07, 6.45) is 1.69. The zero-order chi connectivity index (χ0) is 14.0. The number of benzene rings is 1. The Labute approximate surface area is 109 Å². The normalized spacial score (nSPS) is 18.9. The van der Waals surface area contributed by atoms with Crippen molar-refractivity contribution >= 4 is 11.4 Å². The van der Waals surface area contributed by atoms with Gasteiger partial charge in [0.1, 0.15) is 5.69 Å². The van der Waals surface area contributed by atoms with Gasteiger partial charge in [-0.25, -0.2) is 8.78 Å². The quantitative estimate of drug-likeness (QED) is 0.672. The smallest absolute Gasteiger partial charge is 0.275 e. The standard InChI is InChI=1S/C12H15F2N3O2/c1-15-7-8-3-2-4-16(8)12-10(13)5-9(17(18)19)6-11(12)14/h5-6,8,15H,2-4,7H2,1H3. The van der Waals surface area contributed by atoms with E-state index in [1.807, 2.05) is 0 Å². The lowest BCUT2D eigenvalue weighted by atomic mass is 10.2. The summed E-state index contributed by atoms with van der Waals surface area (Å²) in [5.74, 6) is -1.76. The minimum absolute atomic E-state index is 0.00968. The van der Waals surface area contributed by atoms with Crippen LogP contribution in [0.4, 0.5) is 20.2 Å². The minimum atomic E-state index is -0.880. The van der Waals surface area contributed by atoms with Crippen LogP contribution in [-0.4, -0.2) is 31.1 Å². The molecule has 1 aromatic carbocycles. The van der Waals surface area contributed by atoms with E-state index in [4.69, 9.17) is 0 Å². The van der Waals surface area contributed by atoms with Gasteiger partial charge in [0.25, 0.3) is 5.69 Å². The molecule has 1 unspecified atom stereocenters. The average molecular weight is 271 g/mol. The number of hydrogen-bond acceptors (Lipinski definition) is 4. The van der Waals surface area contributed by atoms with Gasteiger partial charge in [-0.15, -0.1) is 0 Å². The van der Waals surface area contributed by atoms with Crippen LogP contribution in [0, 0.1) is 21.7 Å². The van der Waals surface area contributed by atoms with Crippen LogP contribution in [0.15, 0.2) is 12.1 Å². The van der Waals surface area contributed by atoms with E-state index in [0.717, 1.165) is 25.0 Å². The van der Waals surface area contributed by atoms with Crippen molar-refractivity contribution in [1.82, 2.24) is 5.32 Å². The molecule has 0 saturated carbocycles.